The van der Waals surface area contributed by atoms with Gasteiger partial charge in [-0.15, -0.1) is 0 Å². The second-order valence-electron chi connectivity index (χ2n) is 4.75. The third-order valence-electron chi connectivity index (χ3n) is 2.73. The fourth-order valence-corrected chi connectivity index (χ4v) is 2.44. The van der Waals surface area contributed by atoms with Crippen LogP contribution >= 0.6 is 23.2 Å². The van der Waals surface area contributed by atoms with Crippen LogP contribution in [0, 0.1) is 5.92 Å². The topological polar surface area (TPSA) is 29.3 Å². The Bertz CT molecular complexity index is 366. The highest BCUT2D eigenvalue weighted by Crippen LogP contribution is 2.29. The molecule has 1 rings (SSSR count). The monoisotopic (exact) mass is 274 g/mol. The van der Waals surface area contributed by atoms with Crippen molar-refractivity contribution < 1.29 is 0 Å². The molecule has 0 aliphatic heterocycles. The standard InChI is InChI=1S/C13H20Cl2N2/c1-9(2)8-17(3)13(7-16)11-6-10(14)4-5-12(11)15/h4-6,9,13H,7-8,16H2,1-3H3. The minimum Gasteiger partial charge on any atom is -0.329 e. The zero-order valence-corrected chi connectivity index (χ0v) is 12.1. The zero-order valence-electron chi connectivity index (χ0n) is 10.6. The summed E-state index contributed by atoms with van der Waals surface area (Å²) in [5.74, 6) is 0.590. The average molecular weight is 275 g/mol. The number of nitrogens with two attached hydrogens (primary N) is 1. The van der Waals surface area contributed by atoms with Gasteiger partial charge in [0.1, 0.15) is 0 Å². The van der Waals surface area contributed by atoms with E-state index in [1.54, 1.807) is 6.07 Å². The predicted molar refractivity (Wildman–Crippen MR) is 75.7 cm³/mol. The number of hydrogen-bond acceptors (Lipinski definition) is 2. The highest BCUT2D eigenvalue weighted by Gasteiger charge is 2.19. The molecule has 17 heavy (non-hydrogen) atoms. The molecule has 0 spiro atoms. The summed E-state index contributed by atoms with van der Waals surface area (Å²) in [6.07, 6.45) is 0. The van der Waals surface area contributed by atoms with Gasteiger partial charge in [-0.3, -0.25) is 4.90 Å². The summed E-state index contributed by atoms with van der Waals surface area (Å²) in [5.41, 5.74) is 6.86. The van der Waals surface area contributed by atoms with Gasteiger partial charge in [-0.2, -0.15) is 0 Å². The van der Waals surface area contributed by atoms with E-state index >= 15 is 0 Å². The first-order valence-electron chi connectivity index (χ1n) is 5.81. The van der Waals surface area contributed by atoms with Crippen LogP contribution in [0.5, 0.6) is 0 Å². The van der Waals surface area contributed by atoms with E-state index in [4.69, 9.17) is 28.9 Å². The quantitative estimate of drug-likeness (QED) is 0.890. The van der Waals surface area contributed by atoms with Gasteiger partial charge in [0.15, 0.2) is 0 Å². The molecule has 1 atom stereocenters. The second-order valence-corrected chi connectivity index (χ2v) is 5.59. The molecule has 0 radical (unpaired) electrons. The molecule has 0 aromatic heterocycles. The van der Waals surface area contributed by atoms with Gasteiger partial charge in [0, 0.05) is 29.2 Å². The van der Waals surface area contributed by atoms with Crippen LogP contribution in [-0.4, -0.2) is 25.0 Å². The lowest BCUT2D eigenvalue weighted by Gasteiger charge is -2.29. The summed E-state index contributed by atoms with van der Waals surface area (Å²) in [6.45, 7) is 5.88. The second kappa shape index (κ2) is 6.60. The van der Waals surface area contributed by atoms with E-state index in [0.717, 1.165) is 17.1 Å². The summed E-state index contributed by atoms with van der Waals surface area (Å²) in [7, 11) is 2.06. The van der Waals surface area contributed by atoms with Crippen molar-refractivity contribution in [1.82, 2.24) is 4.90 Å². The van der Waals surface area contributed by atoms with Crippen LogP contribution in [0.1, 0.15) is 25.5 Å². The Labute approximate surface area is 114 Å². The number of halogens is 2. The SMILES string of the molecule is CC(C)CN(C)C(CN)c1cc(Cl)ccc1Cl. The van der Waals surface area contributed by atoms with E-state index in [1.165, 1.54) is 0 Å². The lowest BCUT2D eigenvalue weighted by Crippen LogP contribution is -2.33. The van der Waals surface area contributed by atoms with Crippen LogP contribution in [0.3, 0.4) is 0 Å². The summed E-state index contributed by atoms with van der Waals surface area (Å²) in [4.78, 5) is 2.22. The number of rotatable bonds is 5. The molecular weight excluding hydrogens is 255 g/mol. The molecule has 0 aliphatic rings. The van der Waals surface area contributed by atoms with Gasteiger partial charge in [0.25, 0.3) is 0 Å². The molecule has 0 saturated heterocycles. The molecule has 96 valence electrons. The van der Waals surface area contributed by atoms with E-state index < -0.39 is 0 Å². The van der Waals surface area contributed by atoms with Crippen LogP contribution in [0.15, 0.2) is 18.2 Å². The smallest absolute Gasteiger partial charge is 0.0482 e. The normalized spacial score (nSPS) is 13.4. The third kappa shape index (κ3) is 4.14. The molecule has 2 N–H and O–H groups in total. The molecule has 4 heteroatoms. The largest absolute Gasteiger partial charge is 0.329 e. The first-order chi connectivity index (χ1) is 7.95. The Morgan fingerprint density at radius 2 is 1.94 bits per heavy atom. The van der Waals surface area contributed by atoms with E-state index in [2.05, 4.69) is 25.8 Å². The third-order valence-corrected chi connectivity index (χ3v) is 3.30. The summed E-state index contributed by atoms with van der Waals surface area (Å²) < 4.78 is 0. The summed E-state index contributed by atoms with van der Waals surface area (Å²) in [5, 5.41) is 1.42. The lowest BCUT2D eigenvalue weighted by molar-refractivity contribution is 0.224. The van der Waals surface area contributed by atoms with Gasteiger partial charge in [-0.05, 0) is 36.7 Å². The Kier molecular flexibility index (Phi) is 5.74. The minimum absolute atomic E-state index is 0.114. The Balaban J connectivity index is 2.96. The number of likely N-dealkylation sites (N-methyl/N-ethyl adjacent to an activating group) is 1. The molecule has 1 aromatic rings. The minimum atomic E-state index is 0.114. The van der Waals surface area contributed by atoms with Gasteiger partial charge in [0.05, 0.1) is 0 Å². The van der Waals surface area contributed by atoms with E-state index in [-0.39, 0.29) is 6.04 Å². The molecule has 0 fully saturated rings. The van der Waals surface area contributed by atoms with Crippen LogP contribution in [0.2, 0.25) is 10.0 Å². The average Bonchev–Trinajstić information content (AvgIpc) is 2.23. The van der Waals surface area contributed by atoms with E-state index in [0.29, 0.717) is 17.5 Å². The highest BCUT2D eigenvalue weighted by atomic mass is 35.5. The van der Waals surface area contributed by atoms with Crippen molar-refractivity contribution in [3.63, 3.8) is 0 Å². The van der Waals surface area contributed by atoms with Crippen LogP contribution in [0.25, 0.3) is 0 Å². The van der Waals surface area contributed by atoms with Crippen molar-refractivity contribution in [2.75, 3.05) is 20.1 Å². The number of nitrogens with zero attached hydrogens (tertiary/aromatic N) is 1. The van der Waals surface area contributed by atoms with Gasteiger partial charge in [-0.1, -0.05) is 37.0 Å². The van der Waals surface area contributed by atoms with E-state index in [9.17, 15) is 0 Å². The van der Waals surface area contributed by atoms with Gasteiger partial charge < -0.3 is 5.73 Å². The van der Waals surface area contributed by atoms with Crippen molar-refractivity contribution in [3.05, 3.63) is 33.8 Å². The summed E-state index contributed by atoms with van der Waals surface area (Å²) >= 11 is 12.2. The molecule has 0 heterocycles. The molecule has 0 saturated carbocycles. The van der Waals surface area contributed by atoms with Crippen molar-refractivity contribution in [1.29, 1.82) is 0 Å². The highest BCUT2D eigenvalue weighted by molar-refractivity contribution is 6.33. The van der Waals surface area contributed by atoms with Gasteiger partial charge in [0.2, 0.25) is 0 Å². The van der Waals surface area contributed by atoms with Crippen molar-refractivity contribution in [2.45, 2.75) is 19.9 Å². The molecule has 0 aliphatic carbocycles. The molecular formula is C13H20Cl2N2. The Morgan fingerprint density at radius 3 is 2.47 bits per heavy atom. The molecule has 1 aromatic carbocycles. The molecule has 1 unspecified atom stereocenters. The number of benzene rings is 1. The molecule has 0 bridgehead atoms. The first kappa shape index (κ1) is 14.8. The fourth-order valence-electron chi connectivity index (χ4n) is 2.02. The van der Waals surface area contributed by atoms with Gasteiger partial charge in [-0.25, -0.2) is 0 Å². The van der Waals surface area contributed by atoms with Crippen LogP contribution < -0.4 is 5.73 Å². The Morgan fingerprint density at radius 1 is 1.29 bits per heavy atom. The maximum Gasteiger partial charge on any atom is 0.0482 e. The zero-order chi connectivity index (χ0) is 13.0. The van der Waals surface area contributed by atoms with Crippen LogP contribution in [-0.2, 0) is 0 Å². The number of hydrogen-bond donors (Lipinski definition) is 1. The first-order valence-corrected chi connectivity index (χ1v) is 6.56. The maximum atomic E-state index is 6.21. The predicted octanol–water partition coefficient (Wildman–Crippen LogP) is 3.58. The van der Waals surface area contributed by atoms with Crippen molar-refractivity contribution in [2.24, 2.45) is 11.7 Å². The van der Waals surface area contributed by atoms with E-state index in [1.807, 2.05) is 12.1 Å². The Hall–Kier alpha value is -0.280. The summed E-state index contributed by atoms with van der Waals surface area (Å²) in [6, 6.07) is 5.64. The maximum absolute atomic E-state index is 6.21. The van der Waals surface area contributed by atoms with Crippen LogP contribution in [0.4, 0.5) is 0 Å². The lowest BCUT2D eigenvalue weighted by atomic mass is 10.0. The molecule has 2 nitrogen and oxygen atoms in total. The fraction of sp³-hybridized carbons (Fsp3) is 0.538. The van der Waals surface area contributed by atoms with Gasteiger partial charge >= 0.3 is 0 Å². The van der Waals surface area contributed by atoms with Crippen molar-refractivity contribution in [3.8, 4) is 0 Å². The van der Waals surface area contributed by atoms with Crippen molar-refractivity contribution >= 4 is 23.2 Å². The molecule has 0 amide bonds.